The third-order valence-electron chi connectivity index (χ3n) is 2.70. The summed E-state index contributed by atoms with van der Waals surface area (Å²) in [5, 5.41) is 0. The predicted molar refractivity (Wildman–Crippen MR) is 73.8 cm³/mol. The second-order valence-electron chi connectivity index (χ2n) is 4.05. The Morgan fingerprint density at radius 1 is 1.44 bits per heavy atom. The van der Waals surface area contributed by atoms with Crippen LogP contribution in [0.3, 0.4) is 0 Å². The van der Waals surface area contributed by atoms with Gasteiger partial charge in [0.15, 0.2) is 0 Å². The zero-order chi connectivity index (χ0) is 13.4. The predicted octanol–water partition coefficient (Wildman–Crippen LogP) is 2.54. The summed E-state index contributed by atoms with van der Waals surface area (Å²) in [5.74, 6) is 0. The highest BCUT2D eigenvalue weighted by Crippen LogP contribution is 2.42. The molecule has 0 saturated heterocycles. The van der Waals surface area contributed by atoms with E-state index in [-0.39, 0.29) is 5.54 Å². The Morgan fingerprint density at radius 3 is 2.50 bits per heavy atom. The highest BCUT2D eigenvalue weighted by molar-refractivity contribution is 5.64. The molecule has 1 aromatic rings. The molecule has 1 aliphatic rings. The molecule has 1 unspecified atom stereocenters. The molecule has 1 aliphatic carbocycles. The van der Waals surface area contributed by atoms with Crippen LogP contribution >= 0.6 is 0 Å². The maximum atomic E-state index is 9.18. The van der Waals surface area contributed by atoms with Crippen LogP contribution in [0.15, 0.2) is 48.6 Å². The largest absolute Gasteiger partial charge is 0.468 e. The average molecular weight is 245 g/mol. The van der Waals surface area contributed by atoms with E-state index in [2.05, 4.69) is 29.5 Å². The summed E-state index contributed by atoms with van der Waals surface area (Å²) in [4.78, 5) is 9.18. The second-order valence-corrected chi connectivity index (χ2v) is 4.05. The summed E-state index contributed by atoms with van der Waals surface area (Å²) in [6.45, 7) is 6.39. The van der Waals surface area contributed by atoms with Gasteiger partial charge in [0.05, 0.1) is 12.1 Å². The van der Waals surface area contributed by atoms with E-state index in [4.69, 9.17) is 5.73 Å². The van der Waals surface area contributed by atoms with Gasteiger partial charge in [-0.1, -0.05) is 42.5 Å². The third-order valence-corrected chi connectivity index (χ3v) is 2.70. The van der Waals surface area contributed by atoms with E-state index in [9.17, 15) is 4.79 Å². The molecular weight excluding hydrogens is 226 g/mol. The molecule has 3 nitrogen and oxygen atoms in total. The average Bonchev–Trinajstić information content (AvgIpc) is 3.04. The lowest BCUT2D eigenvalue weighted by Gasteiger charge is -1.96. The fourth-order valence-electron chi connectivity index (χ4n) is 1.48. The normalized spacial score (nSPS) is 22.7. The first-order valence-electron chi connectivity index (χ1n) is 5.90. The van der Waals surface area contributed by atoms with E-state index in [1.807, 2.05) is 24.3 Å². The van der Waals surface area contributed by atoms with Crippen molar-refractivity contribution in [1.29, 1.82) is 0 Å². The lowest BCUT2D eigenvalue weighted by molar-refractivity contribution is -0.128. The van der Waals surface area contributed by atoms with Crippen molar-refractivity contribution < 1.29 is 9.53 Å². The van der Waals surface area contributed by atoms with E-state index in [0.717, 1.165) is 6.42 Å². The lowest BCUT2D eigenvalue weighted by atomic mass is 10.2. The van der Waals surface area contributed by atoms with Crippen molar-refractivity contribution in [2.45, 2.75) is 18.9 Å². The number of carbonyl (C=O) groups is 1. The van der Waals surface area contributed by atoms with Crippen molar-refractivity contribution >= 4 is 12.5 Å². The first kappa shape index (κ1) is 14.2. The minimum Gasteiger partial charge on any atom is -0.468 e. The summed E-state index contributed by atoms with van der Waals surface area (Å²) in [6.07, 6.45) is 4.91. The minimum absolute atomic E-state index is 0.212. The van der Waals surface area contributed by atoms with Gasteiger partial charge in [0, 0.05) is 0 Å². The molecule has 0 bridgehead atoms. The molecule has 18 heavy (non-hydrogen) atoms. The van der Waals surface area contributed by atoms with Crippen LogP contribution in [0.1, 0.15) is 18.9 Å². The highest BCUT2D eigenvalue weighted by Gasteiger charge is 2.41. The number of carbonyl (C=O) groups excluding carboxylic acids is 1. The van der Waals surface area contributed by atoms with E-state index < -0.39 is 0 Å². The van der Waals surface area contributed by atoms with E-state index in [1.54, 1.807) is 6.92 Å². The Balaban J connectivity index is 0.000000280. The number of hydrogen-bond donors (Lipinski definition) is 1. The molecule has 0 aliphatic heterocycles. The van der Waals surface area contributed by atoms with Gasteiger partial charge in [-0.15, -0.1) is 6.58 Å². The maximum Gasteiger partial charge on any atom is 0.293 e. The van der Waals surface area contributed by atoms with Gasteiger partial charge in [0.25, 0.3) is 6.47 Å². The zero-order valence-electron chi connectivity index (χ0n) is 10.6. The Bertz CT molecular complexity index is 425. The van der Waals surface area contributed by atoms with Crippen molar-refractivity contribution in [3.63, 3.8) is 0 Å². The van der Waals surface area contributed by atoms with Gasteiger partial charge >= 0.3 is 0 Å². The summed E-state index contributed by atoms with van der Waals surface area (Å²) < 4.78 is 4.15. The molecular formula is C15H19NO2. The SMILES string of the molecule is C=CC1(N)CC1=Cc1ccccc1.CCOC=O. The minimum atomic E-state index is -0.212. The molecule has 0 heterocycles. The van der Waals surface area contributed by atoms with Gasteiger partial charge in [-0.25, -0.2) is 0 Å². The monoisotopic (exact) mass is 245 g/mol. The molecule has 0 spiro atoms. The quantitative estimate of drug-likeness (QED) is 0.655. The van der Waals surface area contributed by atoms with Crippen molar-refractivity contribution in [3.8, 4) is 0 Å². The van der Waals surface area contributed by atoms with E-state index in [1.165, 1.54) is 11.1 Å². The topological polar surface area (TPSA) is 52.3 Å². The molecule has 1 aromatic carbocycles. The molecule has 1 saturated carbocycles. The van der Waals surface area contributed by atoms with Crippen LogP contribution in [-0.2, 0) is 9.53 Å². The Morgan fingerprint density at radius 2 is 2.11 bits per heavy atom. The van der Waals surface area contributed by atoms with Crippen LogP contribution in [0.2, 0.25) is 0 Å². The second kappa shape index (κ2) is 6.77. The fourth-order valence-corrected chi connectivity index (χ4v) is 1.48. The molecule has 0 aromatic heterocycles. The molecule has 2 N–H and O–H groups in total. The van der Waals surface area contributed by atoms with Gasteiger partial charge in [-0.3, -0.25) is 4.79 Å². The van der Waals surface area contributed by atoms with Crippen LogP contribution in [-0.4, -0.2) is 18.6 Å². The van der Waals surface area contributed by atoms with E-state index in [0.29, 0.717) is 13.1 Å². The third kappa shape index (κ3) is 4.18. The number of rotatable bonds is 4. The highest BCUT2D eigenvalue weighted by atomic mass is 16.5. The first-order chi connectivity index (χ1) is 8.66. The summed E-state index contributed by atoms with van der Waals surface area (Å²) in [5.41, 5.74) is 8.23. The number of hydrogen-bond acceptors (Lipinski definition) is 3. The summed E-state index contributed by atoms with van der Waals surface area (Å²) in [7, 11) is 0. The molecule has 2 rings (SSSR count). The van der Waals surface area contributed by atoms with Crippen LogP contribution < -0.4 is 5.73 Å². The van der Waals surface area contributed by atoms with Gasteiger partial charge in [-0.05, 0) is 24.5 Å². The number of ether oxygens (including phenoxy) is 1. The zero-order valence-corrected chi connectivity index (χ0v) is 10.6. The van der Waals surface area contributed by atoms with E-state index >= 15 is 0 Å². The molecule has 3 heteroatoms. The number of benzene rings is 1. The van der Waals surface area contributed by atoms with Crippen molar-refractivity contribution in [3.05, 3.63) is 54.1 Å². The van der Waals surface area contributed by atoms with Gasteiger partial charge in [-0.2, -0.15) is 0 Å². The standard InChI is InChI=1S/C12H13N.C3H6O2/c1-2-12(13)9-11(12)8-10-6-4-3-5-7-10;1-2-5-3-4/h2-8H,1,9,13H2;3H,2H2,1H3. The molecule has 1 atom stereocenters. The Labute approximate surface area is 108 Å². The van der Waals surface area contributed by atoms with Crippen molar-refractivity contribution in [2.24, 2.45) is 5.73 Å². The Kier molecular flexibility index (Phi) is 5.33. The lowest BCUT2D eigenvalue weighted by Crippen LogP contribution is -2.17. The molecule has 96 valence electrons. The van der Waals surface area contributed by atoms with Crippen LogP contribution in [0.4, 0.5) is 0 Å². The van der Waals surface area contributed by atoms with Crippen LogP contribution in [0.5, 0.6) is 0 Å². The summed E-state index contributed by atoms with van der Waals surface area (Å²) in [6, 6.07) is 10.2. The molecule has 0 amide bonds. The molecule has 1 fully saturated rings. The number of nitrogens with two attached hydrogens (primary N) is 1. The first-order valence-corrected chi connectivity index (χ1v) is 5.90. The summed E-state index contributed by atoms with van der Waals surface area (Å²) >= 11 is 0. The van der Waals surface area contributed by atoms with Crippen molar-refractivity contribution in [2.75, 3.05) is 6.61 Å². The van der Waals surface area contributed by atoms with Crippen LogP contribution in [0, 0.1) is 0 Å². The van der Waals surface area contributed by atoms with Gasteiger partial charge < -0.3 is 10.5 Å². The molecule has 0 radical (unpaired) electrons. The van der Waals surface area contributed by atoms with Crippen molar-refractivity contribution in [1.82, 2.24) is 0 Å². The van der Waals surface area contributed by atoms with Gasteiger partial charge in [0.2, 0.25) is 0 Å². The van der Waals surface area contributed by atoms with Gasteiger partial charge in [0.1, 0.15) is 0 Å². The fraction of sp³-hybridized carbons (Fsp3) is 0.267. The Hall–Kier alpha value is -1.87. The van der Waals surface area contributed by atoms with Crippen LogP contribution in [0.25, 0.3) is 6.08 Å². The smallest absolute Gasteiger partial charge is 0.293 e. The maximum absolute atomic E-state index is 9.18.